The first-order valence-electron chi connectivity index (χ1n) is 18.4. The molecule has 0 aromatic heterocycles. The molecule has 27 heteroatoms. The summed E-state index contributed by atoms with van der Waals surface area (Å²) < 4.78 is 17.4. The van der Waals surface area contributed by atoms with Crippen molar-refractivity contribution < 1.29 is 382 Å². The number of aliphatic carboxylic acids is 4. The predicted molar refractivity (Wildman–Crippen MR) is 215 cm³/mol. The first-order valence-corrected chi connectivity index (χ1v) is 19.2. The summed E-state index contributed by atoms with van der Waals surface area (Å²) in [6, 6.07) is 17.6. The zero-order valence-electron chi connectivity index (χ0n) is 38.5. The maximum atomic E-state index is 13.7. The minimum atomic E-state index is -1.74. The second kappa shape index (κ2) is 33.9. The molecule has 0 unspecified atom stereocenters. The zero-order valence-corrected chi connectivity index (χ0v) is 58.8. The number of carbonyl (C=O) groups excluding carboxylic acids is 6. The van der Waals surface area contributed by atoms with Crippen LogP contribution in [0.2, 0.25) is 10.0 Å². The molecule has 1 amide bonds. The van der Waals surface area contributed by atoms with E-state index in [2.05, 4.69) is 5.32 Å². The molecule has 4 aromatic rings. The van der Waals surface area contributed by atoms with E-state index in [0.29, 0.717) is 0 Å². The molecule has 330 valence electrons. The number of hydrogen-bond donors (Lipinski definition) is 1. The van der Waals surface area contributed by atoms with Crippen molar-refractivity contribution in [3.8, 4) is 39.7 Å². The topological polar surface area (TPSA) is 308 Å². The summed E-state index contributed by atoms with van der Waals surface area (Å²) in [4.78, 5) is 86.4. The Hall–Kier alpha value is 1.79. The summed E-state index contributed by atoms with van der Waals surface area (Å²) in [5.74, 6) is -9.98. The van der Waals surface area contributed by atoms with Crippen LogP contribution in [0.5, 0.6) is 17.2 Å². The normalized spacial score (nSPS) is 9.97. The molecule has 4 aromatic carbocycles. The fourth-order valence-corrected chi connectivity index (χ4v) is 6.97. The van der Waals surface area contributed by atoms with Crippen LogP contribution in [-0.4, -0.2) is 75.1 Å². The SMILES string of the molecule is O=C([O-])CN(CC(=O)[O-])c1ccccc1OCCOc1cc(NC(=O)c2ccc(-c3c4cc(Cl)c(=O)cc-4oc4cc([O-])c(Cl)cc34)c(C(=O)[O-])c2)ccc1N(CC(=O)[O-])CC(=O)[O-].[K+].[K+].[K+].[K+].[K+].[K+]. The van der Waals surface area contributed by atoms with E-state index >= 15 is 0 Å². The van der Waals surface area contributed by atoms with Crippen LogP contribution in [0, 0.1) is 0 Å². The fourth-order valence-electron chi connectivity index (χ4n) is 6.65. The molecular weight excluding hydrogens is 1120 g/mol. The summed E-state index contributed by atoms with van der Waals surface area (Å²) in [6.45, 7) is -4.21. The molecule has 0 saturated carbocycles. The van der Waals surface area contributed by atoms with E-state index in [4.69, 9.17) is 37.1 Å². The van der Waals surface area contributed by atoms with Gasteiger partial charge >= 0.3 is 308 Å². The van der Waals surface area contributed by atoms with Gasteiger partial charge in [0.05, 0.1) is 72.4 Å². The summed E-state index contributed by atoms with van der Waals surface area (Å²) in [7, 11) is 0. The quantitative estimate of drug-likeness (QED) is 0.0447. The molecular formula is C43H27Cl2K6N3O16. The van der Waals surface area contributed by atoms with Gasteiger partial charge in [0, 0.05) is 50.5 Å². The second-order valence-electron chi connectivity index (χ2n) is 13.6. The Bertz CT molecular complexity index is 2880. The number of halogens is 2. The number of fused-ring (bicyclic) bond motifs is 2. The van der Waals surface area contributed by atoms with Crippen LogP contribution in [0.4, 0.5) is 17.1 Å². The average Bonchev–Trinajstić information content (AvgIpc) is 3.21. The number of para-hydroxylation sites is 2. The average molecular weight is 1150 g/mol. The van der Waals surface area contributed by atoms with Crippen molar-refractivity contribution in [2.45, 2.75) is 0 Å². The number of aromatic carboxylic acids is 1. The van der Waals surface area contributed by atoms with Crippen LogP contribution in [-0.2, 0) is 19.2 Å². The third-order valence-electron chi connectivity index (χ3n) is 9.24. The Morgan fingerprint density at radius 3 is 1.70 bits per heavy atom. The summed E-state index contributed by atoms with van der Waals surface area (Å²) >= 11 is 12.3. The number of benzene rings is 5. The summed E-state index contributed by atoms with van der Waals surface area (Å²) in [5.41, 5.74) is -1.25. The van der Waals surface area contributed by atoms with E-state index in [1.807, 2.05) is 0 Å². The zero-order chi connectivity index (χ0) is 46.4. The first-order chi connectivity index (χ1) is 30.4. The maximum Gasteiger partial charge on any atom is 1.00 e. The van der Waals surface area contributed by atoms with Gasteiger partial charge in [0.25, 0.3) is 5.91 Å². The molecule has 19 nitrogen and oxygen atoms in total. The Morgan fingerprint density at radius 2 is 1.14 bits per heavy atom. The van der Waals surface area contributed by atoms with Crippen molar-refractivity contribution in [3.63, 3.8) is 0 Å². The predicted octanol–water partition coefficient (Wildman–Crippen LogP) is -19.3. The van der Waals surface area contributed by atoms with Crippen LogP contribution in [0.1, 0.15) is 20.7 Å². The van der Waals surface area contributed by atoms with Crippen molar-refractivity contribution in [3.05, 3.63) is 116 Å². The van der Waals surface area contributed by atoms with Crippen LogP contribution in [0.25, 0.3) is 33.4 Å². The third kappa shape index (κ3) is 19.6. The molecule has 1 aliphatic heterocycles. The van der Waals surface area contributed by atoms with E-state index in [-0.39, 0.29) is 399 Å². The molecule has 0 saturated heterocycles. The van der Waals surface area contributed by atoms with E-state index in [9.17, 15) is 64.2 Å². The minimum absolute atomic E-state index is 0. The van der Waals surface area contributed by atoms with Gasteiger partial charge in [-0.2, -0.15) is 0 Å². The smallest absolute Gasteiger partial charge is 0.871 e. The van der Waals surface area contributed by atoms with Crippen molar-refractivity contribution >= 4 is 87.0 Å². The minimum Gasteiger partial charge on any atom is -0.871 e. The van der Waals surface area contributed by atoms with Crippen LogP contribution in [0.3, 0.4) is 0 Å². The number of carboxylic acid groups (broad SMARTS) is 5. The van der Waals surface area contributed by atoms with Gasteiger partial charge in [-0.05, 0) is 60.2 Å². The number of hydrogen-bond acceptors (Lipinski definition) is 18. The maximum absolute atomic E-state index is 13.7. The van der Waals surface area contributed by atoms with Gasteiger partial charge in [-0.3, -0.25) is 9.59 Å². The summed E-state index contributed by atoms with van der Waals surface area (Å²) in [6.07, 6.45) is 0. The van der Waals surface area contributed by atoms with Gasteiger partial charge in [0.1, 0.15) is 36.1 Å². The molecule has 0 bridgehead atoms. The molecule has 0 fully saturated rings. The van der Waals surface area contributed by atoms with Crippen molar-refractivity contribution in [2.24, 2.45) is 0 Å². The van der Waals surface area contributed by atoms with Gasteiger partial charge in [0.2, 0.25) is 5.43 Å². The molecule has 0 spiro atoms. The van der Waals surface area contributed by atoms with E-state index in [1.165, 1.54) is 66.7 Å². The molecule has 0 atom stereocenters. The number of ether oxygens (including phenoxy) is 2. The number of nitrogens with zero attached hydrogens (tertiary/aromatic N) is 2. The van der Waals surface area contributed by atoms with Gasteiger partial charge in [-0.1, -0.05) is 47.2 Å². The van der Waals surface area contributed by atoms with Crippen LogP contribution < -0.4 is 369 Å². The van der Waals surface area contributed by atoms with Gasteiger partial charge in [-0.25, -0.2) is 0 Å². The number of amides is 1. The molecule has 2 aliphatic rings. The van der Waals surface area contributed by atoms with Crippen molar-refractivity contribution in [1.29, 1.82) is 0 Å². The van der Waals surface area contributed by atoms with Gasteiger partial charge in [0.15, 0.2) is 0 Å². The standard InChI is InChI=1S/C43H33Cl2N3O16.6K/c44-27-13-25-34(15-31(27)49)64-35-16-32(50)28(45)14-26(35)41(25)23-7-5-21(11-24(23)43(60)61)42(59)46-22-6-8-30(48(19-39(55)56)20-40(57)58)36(12-22)63-10-9-62-33-4-2-1-3-29(33)47(17-37(51)52)18-38(53)54;;;;;;/h1-8,11-16,49H,9-10,17-20H2,(H,46,59)(H,51,52)(H,53,54)(H,55,56)(H,57,58)(H,60,61);;;;;;/q;6*+1/p-6. The Kier molecular flexibility index (Phi) is 34.8. The van der Waals surface area contributed by atoms with E-state index < -0.39 is 78.7 Å². The van der Waals surface area contributed by atoms with E-state index in [1.54, 1.807) is 0 Å². The number of rotatable bonds is 19. The van der Waals surface area contributed by atoms with Crippen molar-refractivity contribution in [1.82, 2.24) is 0 Å². The van der Waals surface area contributed by atoms with E-state index in [0.717, 1.165) is 28.0 Å². The molecule has 1 N–H and O–H groups in total. The monoisotopic (exact) mass is 1140 g/mol. The Balaban J connectivity index is 0.00000793. The second-order valence-corrected chi connectivity index (χ2v) is 14.4. The molecule has 0 radical (unpaired) electrons. The van der Waals surface area contributed by atoms with Gasteiger partial charge < -0.3 is 83.6 Å². The third-order valence-corrected chi connectivity index (χ3v) is 9.83. The molecule has 1 heterocycles. The fraction of sp³-hybridized carbons (Fsp3) is 0.140. The Morgan fingerprint density at radius 1 is 0.600 bits per heavy atom. The van der Waals surface area contributed by atoms with Crippen molar-refractivity contribution in [2.75, 3.05) is 54.5 Å². The number of carboxylic acids is 5. The number of carbonyl (C=O) groups is 6. The van der Waals surface area contributed by atoms with Crippen LogP contribution >= 0.6 is 23.2 Å². The van der Waals surface area contributed by atoms with Crippen LogP contribution in [0.15, 0.2) is 94.1 Å². The first kappa shape index (κ1) is 71.8. The number of anilines is 3. The van der Waals surface area contributed by atoms with Gasteiger partial charge in [-0.15, -0.1) is 0 Å². The Labute approximate surface area is 663 Å². The molecule has 70 heavy (non-hydrogen) atoms. The number of nitrogens with one attached hydrogen (secondary N) is 1. The molecule has 6 rings (SSSR count). The molecule has 1 aliphatic carbocycles. The summed E-state index contributed by atoms with van der Waals surface area (Å²) in [5, 5.41) is 73.2. The largest absolute Gasteiger partial charge is 1.00 e.